The maximum Gasteiger partial charge on any atom is 0.283 e. The third-order valence-electron chi connectivity index (χ3n) is 1.84. The van der Waals surface area contributed by atoms with Gasteiger partial charge in [-0.05, 0) is 24.7 Å². The molecule has 3 nitrogen and oxygen atoms in total. The van der Waals surface area contributed by atoms with Gasteiger partial charge in [0.1, 0.15) is 0 Å². The molecule has 0 unspecified atom stereocenters. The molecule has 0 aliphatic heterocycles. The number of nitro benzene ring substituents is 1. The monoisotopic (exact) mass is 211 g/mol. The summed E-state index contributed by atoms with van der Waals surface area (Å²) >= 11 is 1.56. The molecule has 0 amide bonds. The fourth-order valence-corrected chi connectivity index (χ4v) is 2.17. The van der Waals surface area contributed by atoms with E-state index in [4.69, 9.17) is 0 Å². The molecule has 0 N–H and O–H groups in total. The van der Waals surface area contributed by atoms with E-state index in [-0.39, 0.29) is 10.6 Å². The molecule has 0 radical (unpaired) electrons. The Balaban J connectivity index is 3.02. The van der Waals surface area contributed by atoms with Crippen LogP contribution in [0, 0.1) is 17.0 Å². The van der Waals surface area contributed by atoms with Crippen molar-refractivity contribution in [3.63, 3.8) is 0 Å². The number of nitrogens with zero attached hydrogens (tertiary/aromatic N) is 1. The summed E-state index contributed by atoms with van der Waals surface area (Å²) < 4.78 is 0. The molecule has 0 fully saturated rings. The maximum atomic E-state index is 10.7. The van der Waals surface area contributed by atoms with Crippen LogP contribution in [-0.4, -0.2) is 10.7 Å². The van der Waals surface area contributed by atoms with E-state index in [9.17, 15) is 10.1 Å². The van der Waals surface area contributed by atoms with Crippen molar-refractivity contribution in [3.8, 4) is 0 Å². The van der Waals surface area contributed by atoms with Gasteiger partial charge in [-0.3, -0.25) is 10.1 Å². The molecular formula is C10H13NO2S. The lowest BCUT2D eigenvalue weighted by atomic mass is 10.2. The van der Waals surface area contributed by atoms with Crippen molar-refractivity contribution in [1.29, 1.82) is 0 Å². The van der Waals surface area contributed by atoms with Crippen LogP contribution < -0.4 is 0 Å². The molecule has 0 saturated heterocycles. The van der Waals surface area contributed by atoms with E-state index >= 15 is 0 Å². The van der Waals surface area contributed by atoms with Crippen LogP contribution in [0.15, 0.2) is 23.1 Å². The molecule has 14 heavy (non-hydrogen) atoms. The topological polar surface area (TPSA) is 43.1 Å². The molecule has 1 aromatic carbocycles. The minimum Gasteiger partial charge on any atom is -0.258 e. The van der Waals surface area contributed by atoms with Crippen molar-refractivity contribution in [3.05, 3.63) is 33.9 Å². The van der Waals surface area contributed by atoms with Crippen LogP contribution in [0.1, 0.15) is 18.9 Å². The highest BCUT2D eigenvalue weighted by Gasteiger charge is 2.14. The maximum absolute atomic E-state index is 10.7. The molecular weight excluding hydrogens is 198 g/mol. The van der Waals surface area contributed by atoms with Gasteiger partial charge in [0.2, 0.25) is 0 Å². The van der Waals surface area contributed by atoms with Gasteiger partial charge in [-0.2, -0.15) is 0 Å². The number of rotatable bonds is 4. The second kappa shape index (κ2) is 5.00. The number of thioether (sulfide) groups is 1. The normalized spacial score (nSPS) is 10.1. The quantitative estimate of drug-likeness (QED) is 0.435. The Morgan fingerprint density at radius 2 is 2.21 bits per heavy atom. The van der Waals surface area contributed by atoms with E-state index in [0.29, 0.717) is 0 Å². The predicted octanol–water partition coefficient (Wildman–Crippen LogP) is 3.41. The number of aryl methyl sites for hydroxylation is 1. The Morgan fingerprint density at radius 3 is 2.79 bits per heavy atom. The van der Waals surface area contributed by atoms with Gasteiger partial charge < -0.3 is 0 Å². The second-order valence-corrected chi connectivity index (χ2v) is 4.13. The Bertz CT molecular complexity index is 339. The van der Waals surface area contributed by atoms with Crippen LogP contribution in [0.25, 0.3) is 0 Å². The Labute approximate surface area is 87.7 Å². The summed E-state index contributed by atoms with van der Waals surface area (Å²) in [5.74, 6) is 0.922. The van der Waals surface area contributed by atoms with Gasteiger partial charge in [0.05, 0.1) is 9.82 Å². The zero-order valence-corrected chi connectivity index (χ0v) is 9.13. The van der Waals surface area contributed by atoms with Crippen LogP contribution in [-0.2, 0) is 0 Å². The van der Waals surface area contributed by atoms with E-state index in [1.807, 2.05) is 13.0 Å². The summed E-state index contributed by atoms with van der Waals surface area (Å²) in [4.78, 5) is 11.2. The molecule has 0 bridgehead atoms. The molecule has 4 heteroatoms. The van der Waals surface area contributed by atoms with E-state index in [1.165, 1.54) is 0 Å². The number of hydrogen-bond acceptors (Lipinski definition) is 3. The Morgan fingerprint density at radius 1 is 1.50 bits per heavy atom. The van der Waals surface area contributed by atoms with E-state index < -0.39 is 0 Å². The first-order valence-electron chi connectivity index (χ1n) is 4.53. The summed E-state index contributed by atoms with van der Waals surface area (Å²) in [7, 11) is 0. The standard InChI is InChI=1S/C10H13NO2S/c1-3-7-14-10-8(2)5-4-6-9(10)11(12)13/h4-6H,3,7H2,1-2H3. The largest absolute Gasteiger partial charge is 0.283 e. The zero-order valence-electron chi connectivity index (χ0n) is 8.32. The van der Waals surface area contributed by atoms with Crippen molar-refractivity contribution in [2.75, 3.05) is 5.75 Å². The van der Waals surface area contributed by atoms with Crippen molar-refractivity contribution in [2.45, 2.75) is 25.2 Å². The lowest BCUT2D eigenvalue weighted by molar-refractivity contribution is -0.387. The molecule has 0 saturated carbocycles. The van der Waals surface area contributed by atoms with E-state index in [2.05, 4.69) is 6.92 Å². The minimum absolute atomic E-state index is 0.225. The van der Waals surface area contributed by atoms with Gasteiger partial charge in [-0.15, -0.1) is 11.8 Å². The molecule has 0 heterocycles. The molecule has 1 rings (SSSR count). The van der Waals surface area contributed by atoms with Gasteiger partial charge in [0, 0.05) is 6.07 Å². The summed E-state index contributed by atoms with van der Waals surface area (Å²) in [6.45, 7) is 3.97. The highest BCUT2D eigenvalue weighted by atomic mass is 32.2. The molecule has 76 valence electrons. The molecule has 0 aromatic heterocycles. The van der Waals surface area contributed by atoms with E-state index in [1.54, 1.807) is 23.9 Å². The van der Waals surface area contributed by atoms with Gasteiger partial charge >= 0.3 is 0 Å². The number of hydrogen-bond donors (Lipinski definition) is 0. The SMILES string of the molecule is CCCSc1c(C)cccc1[N+](=O)[O-]. The Kier molecular flexibility index (Phi) is 3.95. The van der Waals surface area contributed by atoms with Gasteiger partial charge in [-0.25, -0.2) is 0 Å². The summed E-state index contributed by atoms with van der Waals surface area (Å²) in [5, 5.41) is 10.7. The summed E-state index contributed by atoms with van der Waals surface area (Å²) in [6, 6.07) is 5.19. The second-order valence-electron chi connectivity index (χ2n) is 3.03. The average molecular weight is 211 g/mol. The highest BCUT2D eigenvalue weighted by Crippen LogP contribution is 2.32. The Hall–Kier alpha value is -1.03. The fourth-order valence-electron chi connectivity index (χ4n) is 1.17. The van der Waals surface area contributed by atoms with Crippen LogP contribution in [0.3, 0.4) is 0 Å². The third kappa shape index (κ3) is 2.48. The smallest absolute Gasteiger partial charge is 0.258 e. The predicted molar refractivity (Wildman–Crippen MR) is 58.8 cm³/mol. The van der Waals surface area contributed by atoms with Crippen LogP contribution >= 0.6 is 11.8 Å². The summed E-state index contributed by atoms with van der Waals surface area (Å²) in [6.07, 6.45) is 1.02. The average Bonchev–Trinajstić information content (AvgIpc) is 2.15. The molecule has 1 aromatic rings. The van der Waals surface area contributed by atoms with Gasteiger partial charge in [0.15, 0.2) is 0 Å². The van der Waals surface area contributed by atoms with Crippen molar-refractivity contribution in [2.24, 2.45) is 0 Å². The first-order valence-corrected chi connectivity index (χ1v) is 5.52. The van der Waals surface area contributed by atoms with Crippen molar-refractivity contribution in [1.82, 2.24) is 0 Å². The van der Waals surface area contributed by atoms with E-state index in [0.717, 1.165) is 22.6 Å². The van der Waals surface area contributed by atoms with Crippen LogP contribution in [0.5, 0.6) is 0 Å². The first-order chi connectivity index (χ1) is 6.66. The molecule has 0 spiro atoms. The lowest BCUT2D eigenvalue weighted by Gasteiger charge is -2.04. The zero-order chi connectivity index (χ0) is 10.6. The number of benzene rings is 1. The van der Waals surface area contributed by atoms with Crippen molar-refractivity contribution < 1.29 is 4.92 Å². The fraction of sp³-hybridized carbons (Fsp3) is 0.400. The highest BCUT2D eigenvalue weighted by molar-refractivity contribution is 7.99. The minimum atomic E-state index is -0.314. The molecule has 0 aliphatic rings. The van der Waals surface area contributed by atoms with Crippen molar-refractivity contribution >= 4 is 17.4 Å². The lowest BCUT2D eigenvalue weighted by Crippen LogP contribution is -1.93. The van der Waals surface area contributed by atoms with Gasteiger partial charge in [0.25, 0.3) is 5.69 Å². The molecule has 0 atom stereocenters. The van der Waals surface area contributed by atoms with Crippen LogP contribution in [0.4, 0.5) is 5.69 Å². The third-order valence-corrected chi connectivity index (χ3v) is 3.27. The first kappa shape index (κ1) is 11.0. The van der Waals surface area contributed by atoms with Crippen LogP contribution in [0.2, 0.25) is 0 Å². The van der Waals surface area contributed by atoms with Gasteiger partial charge in [-0.1, -0.05) is 19.1 Å². The molecule has 0 aliphatic carbocycles. The summed E-state index contributed by atoms with van der Waals surface area (Å²) in [5.41, 5.74) is 1.21. The number of nitro groups is 1.